The van der Waals surface area contributed by atoms with Crippen LogP contribution in [-0.2, 0) is 0 Å². The highest BCUT2D eigenvalue weighted by Gasteiger charge is 2.18. The maximum atomic E-state index is 12.6. The molecule has 0 saturated heterocycles. The number of fused-ring (bicyclic) bond motifs is 1. The van der Waals surface area contributed by atoms with Gasteiger partial charge in [-0.2, -0.15) is 4.68 Å². The van der Waals surface area contributed by atoms with Gasteiger partial charge in [0, 0.05) is 6.20 Å². The van der Waals surface area contributed by atoms with Crippen LogP contribution in [0.25, 0.3) is 11.3 Å². The monoisotopic (exact) mass is 364 g/mol. The van der Waals surface area contributed by atoms with Gasteiger partial charge in [-0.15, -0.1) is 5.10 Å². The molecule has 0 atom stereocenters. The van der Waals surface area contributed by atoms with Crippen LogP contribution in [0.15, 0.2) is 63.6 Å². The minimum atomic E-state index is -0.421. The van der Waals surface area contributed by atoms with Crippen molar-refractivity contribution in [2.75, 3.05) is 0 Å². The molecule has 0 bridgehead atoms. The van der Waals surface area contributed by atoms with E-state index in [-0.39, 0.29) is 10.6 Å². The van der Waals surface area contributed by atoms with Gasteiger partial charge in [0.15, 0.2) is 6.29 Å². The first-order valence-electron chi connectivity index (χ1n) is 7.68. The van der Waals surface area contributed by atoms with Crippen molar-refractivity contribution in [3.8, 4) is 5.69 Å². The summed E-state index contributed by atoms with van der Waals surface area (Å²) in [4.78, 5) is 28.7. The smallest absolute Gasteiger partial charge is 0.269 e. The molecule has 4 aromatic rings. The van der Waals surface area contributed by atoms with Crippen LogP contribution in [0.1, 0.15) is 15.9 Å². The van der Waals surface area contributed by atoms with E-state index in [0.29, 0.717) is 17.1 Å². The van der Waals surface area contributed by atoms with E-state index in [9.17, 15) is 9.59 Å². The molecular formula is C17H12N6O2S. The van der Waals surface area contributed by atoms with Crippen molar-refractivity contribution in [1.29, 1.82) is 0 Å². The maximum Gasteiger partial charge on any atom is 0.269 e. The van der Waals surface area contributed by atoms with Crippen LogP contribution in [0.3, 0.4) is 0 Å². The van der Waals surface area contributed by atoms with Crippen LogP contribution in [0.5, 0.6) is 0 Å². The zero-order chi connectivity index (χ0) is 18.1. The second kappa shape index (κ2) is 6.52. The molecular weight excluding hydrogens is 352 g/mol. The lowest BCUT2D eigenvalue weighted by Crippen LogP contribution is -2.21. The van der Waals surface area contributed by atoms with Crippen LogP contribution >= 0.6 is 11.8 Å². The van der Waals surface area contributed by atoms with E-state index < -0.39 is 5.56 Å². The number of aryl methyl sites for hydroxylation is 1. The number of hydrogen-bond acceptors (Lipinski definition) is 7. The van der Waals surface area contributed by atoms with Crippen molar-refractivity contribution in [2.45, 2.75) is 17.1 Å². The fourth-order valence-electron chi connectivity index (χ4n) is 2.53. The average Bonchev–Trinajstić information content (AvgIpc) is 3.12. The number of aromatic nitrogens is 6. The Morgan fingerprint density at radius 1 is 1.12 bits per heavy atom. The second-order valence-electron chi connectivity index (χ2n) is 5.45. The average molecular weight is 364 g/mol. The van der Waals surface area contributed by atoms with Gasteiger partial charge < -0.3 is 0 Å². The topological polar surface area (TPSA) is 95.0 Å². The van der Waals surface area contributed by atoms with E-state index in [1.54, 1.807) is 12.3 Å². The third kappa shape index (κ3) is 2.68. The van der Waals surface area contributed by atoms with Gasteiger partial charge in [0.1, 0.15) is 16.2 Å². The summed E-state index contributed by atoms with van der Waals surface area (Å²) >= 11 is 1.08. The van der Waals surface area contributed by atoms with Crippen molar-refractivity contribution < 1.29 is 4.79 Å². The van der Waals surface area contributed by atoms with E-state index >= 15 is 0 Å². The first-order chi connectivity index (χ1) is 12.7. The quantitative estimate of drug-likeness (QED) is 0.403. The molecule has 0 spiro atoms. The summed E-state index contributed by atoms with van der Waals surface area (Å²) in [5, 5.41) is 12.3. The highest BCUT2D eigenvalue weighted by atomic mass is 32.2. The van der Waals surface area contributed by atoms with Crippen molar-refractivity contribution >= 4 is 23.7 Å². The summed E-state index contributed by atoms with van der Waals surface area (Å²) in [6.45, 7) is 1.85. The summed E-state index contributed by atoms with van der Waals surface area (Å²) in [5.41, 5.74) is 1.63. The number of aldehydes is 1. The number of tetrazole rings is 1. The third-order valence-electron chi connectivity index (χ3n) is 3.80. The summed E-state index contributed by atoms with van der Waals surface area (Å²) < 4.78 is 2.89. The Balaban J connectivity index is 1.87. The number of nitrogens with zero attached hydrogens (tertiary/aromatic N) is 6. The van der Waals surface area contributed by atoms with Gasteiger partial charge in [0.05, 0.1) is 5.69 Å². The molecule has 128 valence electrons. The molecule has 0 aliphatic heterocycles. The standard InChI is InChI=1S/C17H12N6O2S/c1-11-6-5-9-22-14(11)18-15(13(10-24)16(22)25)26-17-19-20-21-23(17)12-7-3-2-4-8-12/h2-10H,1H3. The predicted molar refractivity (Wildman–Crippen MR) is 94.9 cm³/mol. The number of rotatable bonds is 4. The lowest BCUT2D eigenvalue weighted by atomic mass is 10.3. The Hall–Kier alpha value is -3.33. The van der Waals surface area contributed by atoms with Crippen molar-refractivity contribution in [3.05, 3.63) is 70.1 Å². The molecule has 0 aliphatic rings. The van der Waals surface area contributed by atoms with Crippen molar-refractivity contribution in [2.24, 2.45) is 0 Å². The molecule has 0 radical (unpaired) electrons. The molecule has 1 aromatic carbocycles. The molecule has 0 amide bonds. The summed E-state index contributed by atoms with van der Waals surface area (Å²) in [7, 11) is 0. The second-order valence-corrected chi connectivity index (χ2v) is 6.41. The molecule has 9 heteroatoms. The van der Waals surface area contributed by atoms with E-state index in [1.807, 2.05) is 43.3 Å². The number of hydrogen-bond donors (Lipinski definition) is 0. The zero-order valence-corrected chi connectivity index (χ0v) is 14.4. The summed E-state index contributed by atoms with van der Waals surface area (Å²) in [6.07, 6.45) is 2.11. The van der Waals surface area contributed by atoms with E-state index in [4.69, 9.17) is 0 Å². The lowest BCUT2D eigenvalue weighted by molar-refractivity contribution is 0.111. The Labute approximate surface area is 151 Å². The Kier molecular flexibility index (Phi) is 4.05. The molecule has 8 nitrogen and oxygen atoms in total. The predicted octanol–water partition coefficient (Wildman–Crippen LogP) is 1.94. The maximum absolute atomic E-state index is 12.6. The number of pyridine rings is 1. The van der Waals surface area contributed by atoms with Crippen LogP contribution in [0, 0.1) is 6.92 Å². The first-order valence-corrected chi connectivity index (χ1v) is 8.49. The van der Waals surface area contributed by atoms with Gasteiger partial charge in [-0.05, 0) is 52.9 Å². The van der Waals surface area contributed by atoms with Gasteiger partial charge in [-0.25, -0.2) is 4.98 Å². The highest BCUT2D eigenvalue weighted by Crippen LogP contribution is 2.27. The van der Waals surface area contributed by atoms with Crippen molar-refractivity contribution in [1.82, 2.24) is 29.6 Å². The molecule has 0 fully saturated rings. The van der Waals surface area contributed by atoms with Gasteiger partial charge >= 0.3 is 0 Å². The third-order valence-corrected chi connectivity index (χ3v) is 4.74. The van der Waals surface area contributed by atoms with E-state index in [2.05, 4.69) is 20.5 Å². The van der Waals surface area contributed by atoms with E-state index in [0.717, 1.165) is 23.0 Å². The van der Waals surface area contributed by atoms with Crippen LogP contribution in [0.4, 0.5) is 0 Å². The van der Waals surface area contributed by atoms with Crippen LogP contribution in [0.2, 0.25) is 0 Å². The molecule has 3 heterocycles. The van der Waals surface area contributed by atoms with Gasteiger partial charge in [0.2, 0.25) is 5.16 Å². The van der Waals surface area contributed by atoms with Gasteiger partial charge in [-0.1, -0.05) is 24.3 Å². The molecule has 0 unspecified atom stereocenters. The number of para-hydroxylation sites is 1. The molecule has 4 rings (SSSR count). The fraction of sp³-hybridized carbons (Fsp3) is 0.0588. The molecule has 0 saturated carbocycles. The summed E-state index contributed by atoms with van der Waals surface area (Å²) in [6, 6.07) is 12.9. The number of carbonyl (C=O) groups is 1. The summed E-state index contributed by atoms with van der Waals surface area (Å²) in [5.74, 6) is 0. The van der Waals surface area contributed by atoms with E-state index in [1.165, 1.54) is 9.08 Å². The Morgan fingerprint density at radius 2 is 1.92 bits per heavy atom. The molecule has 0 aliphatic carbocycles. The molecule has 26 heavy (non-hydrogen) atoms. The number of carbonyl (C=O) groups excluding carboxylic acids is 1. The minimum absolute atomic E-state index is 0.0271. The SMILES string of the molecule is Cc1cccn2c(=O)c(C=O)c(Sc3nnnn3-c3ccccc3)nc12. The highest BCUT2D eigenvalue weighted by molar-refractivity contribution is 7.99. The molecule has 3 aromatic heterocycles. The normalized spacial score (nSPS) is 11.0. The zero-order valence-electron chi connectivity index (χ0n) is 13.6. The first kappa shape index (κ1) is 16.2. The van der Waals surface area contributed by atoms with Crippen LogP contribution in [-0.4, -0.2) is 35.9 Å². The van der Waals surface area contributed by atoms with Crippen molar-refractivity contribution in [3.63, 3.8) is 0 Å². The fourth-order valence-corrected chi connectivity index (χ4v) is 3.39. The molecule has 0 N–H and O–H groups in total. The van der Waals surface area contributed by atoms with Crippen LogP contribution < -0.4 is 5.56 Å². The van der Waals surface area contributed by atoms with Gasteiger partial charge in [-0.3, -0.25) is 14.0 Å². The lowest BCUT2D eigenvalue weighted by Gasteiger charge is -2.08. The Morgan fingerprint density at radius 3 is 2.69 bits per heavy atom. The minimum Gasteiger partial charge on any atom is -0.298 e. The van der Waals surface area contributed by atoms with Gasteiger partial charge in [0.25, 0.3) is 5.56 Å². The number of benzene rings is 1. The largest absolute Gasteiger partial charge is 0.298 e. The Bertz CT molecular complexity index is 1170.